The molecule has 1 aliphatic heterocycles. The molecule has 0 bridgehead atoms. The minimum atomic E-state index is -0.0119. The summed E-state index contributed by atoms with van der Waals surface area (Å²) in [4.78, 5) is 2.27. The molecule has 1 unspecified atom stereocenters. The third-order valence-corrected chi connectivity index (χ3v) is 3.17. The normalized spacial score (nSPS) is 20.9. The number of phenolic OH excluding ortho intramolecular Hbond substituents is 1. The molecule has 1 heterocycles. The number of nitrogens with two attached hydrogens (primary N) is 1. The summed E-state index contributed by atoms with van der Waals surface area (Å²) in [5.74, 6) is 0.628. The summed E-state index contributed by atoms with van der Waals surface area (Å²) in [5, 5.41) is 9.78. The first-order valence-electron chi connectivity index (χ1n) is 6.15. The predicted molar refractivity (Wildman–Crippen MR) is 68.8 cm³/mol. The smallest absolute Gasteiger partial charge is 0.160 e. The van der Waals surface area contributed by atoms with Gasteiger partial charge < -0.3 is 20.3 Å². The molecule has 1 fully saturated rings. The Bertz CT molecular complexity index is 396. The molecule has 0 radical (unpaired) electrons. The molecule has 1 aromatic rings. The fourth-order valence-electron chi connectivity index (χ4n) is 2.20. The zero-order valence-electron chi connectivity index (χ0n) is 10.6. The number of ether oxygens (including phenoxy) is 2. The Kier molecular flexibility index (Phi) is 4.41. The molecule has 2 rings (SSSR count). The van der Waals surface area contributed by atoms with Crippen LogP contribution in [0.3, 0.4) is 0 Å². The summed E-state index contributed by atoms with van der Waals surface area (Å²) in [6.07, 6.45) is -0.0119. The van der Waals surface area contributed by atoms with Crippen LogP contribution in [0.2, 0.25) is 0 Å². The Balaban J connectivity index is 2.08. The lowest BCUT2D eigenvalue weighted by Gasteiger charge is -2.32. The van der Waals surface area contributed by atoms with Crippen molar-refractivity contribution in [1.29, 1.82) is 0 Å². The first-order chi connectivity index (χ1) is 8.74. The van der Waals surface area contributed by atoms with Crippen LogP contribution >= 0.6 is 0 Å². The Morgan fingerprint density at radius 3 is 3.06 bits per heavy atom. The van der Waals surface area contributed by atoms with Gasteiger partial charge in [-0.15, -0.1) is 0 Å². The fraction of sp³-hybridized carbons (Fsp3) is 0.538. The van der Waals surface area contributed by atoms with Gasteiger partial charge in [0.05, 0.1) is 19.8 Å². The van der Waals surface area contributed by atoms with Crippen LogP contribution in [0.4, 0.5) is 0 Å². The molecule has 18 heavy (non-hydrogen) atoms. The SMILES string of the molecule is COc1ccc(C2CN(CCN)CCO2)cc1O. The van der Waals surface area contributed by atoms with Gasteiger partial charge in [-0.2, -0.15) is 0 Å². The first kappa shape index (κ1) is 13.1. The van der Waals surface area contributed by atoms with Gasteiger partial charge in [-0.05, 0) is 17.7 Å². The Labute approximate surface area is 107 Å². The van der Waals surface area contributed by atoms with Gasteiger partial charge in [0.15, 0.2) is 11.5 Å². The van der Waals surface area contributed by atoms with Crippen LogP contribution in [-0.4, -0.2) is 49.9 Å². The number of rotatable bonds is 4. The van der Waals surface area contributed by atoms with Gasteiger partial charge in [0, 0.05) is 26.2 Å². The molecule has 0 aromatic heterocycles. The maximum Gasteiger partial charge on any atom is 0.160 e. The van der Waals surface area contributed by atoms with Crippen LogP contribution in [0.25, 0.3) is 0 Å². The molecule has 1 saturated heterocycles. The van der Waals surface area contributed by atoms with Gasteiger partial charge in [0.2, 0.25) is 0 Å². The van der Waals surface area contributed by atoms with Crippen molar-refractivity contribution in [3.05, 3.63) is 23.8 Å². The van der Waals surface area contributed by atoms with E-state index >= 15 is 0 Å². The molecule has 5 heteroatoms. The monoisotopic (exact) mass is 252 g/mol. The topological polar surface area (TPSA) is 68.0 Å². The van der Waals surface area contributed by atoms with Crippen LogP contribution in [-0.2, 0) is 4.74 Å². The summed E-state index contributed by atoms with van der Waals surface area (Å²) in [5.41, 5.74) is 6.53. The quantitative estimate of drug-likeness (QED) is 0.827. The summed E-state index contributed by atoms with van der Waals surface area (Å²) < 4.78 is 10.8. The molecular weight excluding hydrogens is 232 g/mol. The lowest BCUT2D eigenvalue weighted by atomic mass is 10.1. The number of nitrogens with zero attached hydrogens (tertiary/aromatic N) is 1. The fourth-order valence-corrected chi connectivity index (χ4v) is 2.20. The van der Waals surface area contributed by atoms with Gasteiger partial charge >= 0.3 is 0 Å². The van der Waals surface area contributed by atoms with E-state index in [9.17, 15) is 5.11 Å². The van der Waals surface area contributed by atoms with E-state index in [0.717, 1.165) is 25.2 Å². The second-order valence-corrected chi connectivity index (χ2v) is 4.38. The van der Waals surface area contributed by atoms with Crippen molar-refractivity contribution in [2.45, 2.75) is 6.10 Å². The van der Waals surface area contributed by atoms with E-state index in [-0.39, 0.29) is 11.9 Å². The summed E-state index contributed by atoms with van der Waals surface area (Å²) in [6, 6.07) is 5.39. The van der Waals surface area contributed by atoms with E-state index in [2.05, 4.69) is 4.90 Å². The van der Waals surface area contributed by atoms with Gasteiger partial charge in [-0.3, -0.25) is 4.90 Å². The molecule has 1 atom stereocenters. The standard InChI is InChI=1S/C13H20N2O3/c1-17-12-3-2-10(8-11(12)16)13-9-15(5-4-14)6-7-18-13/h2-3,8,13,16H,4-7,9,14H2,1H3. The van der Waals surface area contributed by atoms with Crippen LogP contribution in [0, 0.1) is 0 Å². The van der Waals surface area contributed by atoms with E-state index in [1.165, 1.54) is 7.11 Å². The Morgan fingerprint density at radius 1 is 1.56 bits per heavy atom. The van der Waals surface area contributed by atoms with Crippen LogP contribution in [0.15, 0.2) is 18.2 Å². The number of hydrogen-bond donors (Lipinski definition) is 2. The van der Waals surface area contributed by atoms with Crippen molar-refractivity contribution in [3.8, 4) is 11.5 Å². The van der Waals surface area contributed by atoms with E-state index in [1.54, 1.807) is 12.1 Å². The molecule has 3 N–H and O–H groups in total. The number of hydrogen-bond acceptors (Lipinski definition) is 5. The van der Waals surface area contributed by atoms with Crippen molar-refractivity contribution in [2.75, 3.05) is 39.9 Å². The third kappa shape index (κ3) is 2.93. The minimum absolute atomic E-state index is 0.0119. The first-order valence-corrected chi connectivity index (χ1v) is 6.15. The van der Waals surface area contributed by atoms with Gasteiger partial charge in [0.25, 0.3) is 0 Å². The zero-order chi connectivity index (χ0) is 13.0. The number of phenols is 1. The Hall–Kier alpha value is -1.30. The number of morpholine rings is 1. The zero-order valence-corrected chi connectivity index (χ0v) is 10.6. The van der Waals surface area contributed by atoms with Crippen molar-refractivity contribution in [1.82, 2.24) is 4.90 Å². The highest BCUT2D eigenvalue weighted by molar-refractivity contribution is 5.42. The molecule has 0 spiro atoms. The highest BCUT2D eigenvalue weighted by Crippen LogP contribution is 2.31. The predicted octanol–water partition coefficient (Wildman–Crippen LogP) is 0.733. The largest absolute Gasteiger partial charge is 0.504 e. The summed E-state index contributed by atoms with van der Waals surface area (Å²) in [6.45, 7) is 3.94. The number of methoxy groups -OCH3 is 1. The molecule has 0 aliphatic carbocycles. The molecule has 1 aliphatic rings. The number of benzene rings is 1. The second-order valence-electron chi connectivity index (χ2n) is 4.38. The van der Waals surface area contributed by atoms with Crippen molar-refractivity contribution in [2.24, 2.45) is 5.73 Å². The van der Waals surface area contributed by atoms with E-state index in [1.807, 2.05) is 6.07 Å². The molecule has 0 saturated carbocycles. The lowest BCUT2D eigenvalue weighted by Crippen LogP contribution is -2.40. The summed E-state index contributed by atoms with van der Waals surface area (Å²) >= 11 is 0. The van der Waals surface area contributed by atoms with Crippen LogP contribution < -0.4 is 10.5 Å². The van der Waals surface area contributed by atoms with E-state index in [4.69, 9.17) is 15.2 Å². The number of aromatic hydroxyl groups is 1. The van der Waals surface area contributed by atoms with Gasteiger partial charge in [-0.25, -0.2) is 0 Å². The highest BCUT2D eigenvalue weighted by atomic mass is 16.5. The average molecular weight is 252 g/mol. The van der Waals surface area contributed by atoms with Gasteiger partial charge in [-0.1, -0.05) is 6.07 Å². The van der Waals surface area contributed by atoms with Crippen LogP contribution in [0.1, 0.15) is 11.7 Å². The van der Waals surface area contributed by atoms with Gasteiger partial charge in [0.1, 0.15) is 0 Å². The minimum Gasteiger partial charge on any atom is -0.504 e. The van der Waals surface area contributed by atoms with E-state index in [0.29, 0.717) is 18.9 Å². The molecule has 100 valence electrons. The molecular formula is C13H20N2O3. The maximum absolute atomic E-state index is 9.78. The molecule has 0 amide bonds. The third-order valence-electron chi connectivity index (χ3n) is 3.17. The van der Waals surface area contributed by atoms with Crippen LogP contribution in [0.5, 0.6) is 11.5 Å². The second kappa shape index (κ2) is 6.04. The van der Waals surface area contributed by atoms with Crippen molar-refractivity contribution < 1.29 is 14.6 Å². The van der Waals surface area contributed by atoms with Crippen molar-refractivity contribution in [3.63, 3.8) is 0 Å². The molecule has 1 aromatic carbocycles. The lowest BCUT2D eigenvalue weighted by molar-refractivity contribution is -0.0289. The highest BCUT2D eigenvalue weighted by Gasteiger charge is 2.22. The summed E-state index contributed by atoms with van der Waals surface area (Å²) in [7, 11) is 1.54. The molecule has 5 nitrogen and oxygen atoms in total. The van der Waals surface area contributed by atoms with E-state index < -0.39 is 0 Å². The Morgan fingerprint density at radius 2 is 2.39 bits per heavy atom. The maximum atomic E-state index is 9.78. The van der Waals surface area contributed by atoms with Crippen molar-refractivity contribution >= 4 is 0 Å². The average Bonchev–Trinajstić information content (AvgIpc) is 2.39.